The van der Waals surface area contributed by atoms with E-state index in [1.807, 2.05) is 36.4 Å². The maximum absolute atomic E-state index is 4.12. The normalized spacial score (nSPS) is 9.97. The number of hydrogen-bond donors (Lipinski definition) is 0. The third kappa shape index (κ3) is 6.79. The summed E-state index contributed by atoms with van der Waals surface area (Å²) in [5.74, 6) is 0. The predicted octanol–water partition coefficient (Wildman–Crippen LogP) is 8.98. The highest BCUT2D eigenvalue weighted by Gasteiger charge is 2.06. The third-order valence-corrected chi connectivity index (χ3v) is 5.61. The molecule has 0 spiro atoms. The van der Waals surface area contributed by atoms with Crippen LogP contribution in [0.1, 0.15) is 27.8 Å². The van der Waals surface area contributed by atoms with E-state index in [9.17, 15) is 0 Å². The van der Waals surface area contributed by atoms with Crippen molar-refractivity contribution in [2.24, 2.45) is 0 Å². The van der Waals surface area contributed by atoms with Crippen LogP contribution in [0.4, 0.5) is 0 Å². The summed E-state index contributed by atoms with van der Waals surface area (Å²) >= 11 is 0. The molecule has 0 saturated carbocycles. The van der Waals surface area contributed by atoms with E-state index >= 15 is 0 Å². The Morgan fingerprint density at radius 3 is 2.03 bits per heavy atom. The molecule has 33 heavy (non-hydrogen) atoms. The average molecular weight is 429 g/mol. The van der Waals surface area contributed by atoms with Crippen molar-refractivity contribution in [3.63, 3.8) is 0 Å². The first-order chi connectivity index (χ1) is 16.1. The lowest BCUT2D eigenvalue weighted by atomic mass is 9.93. The van der Waals surface area contributed by atoms with Gasteiger partial charge in [0.1, 0.15) is 0 Å². The van der Waals surface area contributed by atoms with Gasteiger partial charge in [-0.05, 0) is 70.3 Å². The quantitative estimate of drug-likeness (QED) is 0.258. The Morgan fingerprint density at radius 1 is 0.727 bits per heavy atom. The van der Waals surface area contributed by atoms with E-state index in [2.05, 4.69) is 106 Å². The van der Waals surface area contributed by atoms with Crippen molar-refractivity contribution >= 4 is 11.6 Å². The molecule has 0 unspecified atom stereocenters. The van der Waals surface area contributed by atoms with E-state index in [1.165, 1.54) is 39.0 Å². The maximum atomic E-state index is 4.12. The first-order valence-corrected chi connectivity index (χ1v) is 11.3. The monoisotopic (exact) mass is 428 g/mol. The Morgan fingerprint density at radius 2 is 1.36 bits per heavy atom. The molecule has 0 aliphatic rings. The van der Waals surface area contributed by atoms with Crippen LogP contribution in [0.5, 0.6) is 0 Å². The van der Waals surface area contributed by atoms with E-state index in [0.717, 1.165) is 18.4 Å². The van der Waals surface area contributed by atoms with Gasteiger partial charge in [0.15, 0.2) is 0 Å². The van der Waals surface area contributed by atoms with Crippen molar-refractivity contribution in [1.82, 2.24) is 0 Å². The van der Waals surface area contributed by atoms with E-state index in [4.69, 9.17) is 0 Å². The van der Waals surface area contributed by atoms with E-state index in [1.54, 1.807) is 0 Å². The van der Waals surface area contributed by atoms with Crippen molar-refractivity contribution < 1.29 is 0 Å². The summed E-state index contributed by atoms with van der Waals surface area (Å²) in [6.07, 6.45) is 5.66. The van der Waals surface area contributed by atoms with Crippen LogP contribution < -0.4 is 0 Å². The molecule has 0 saturated heterocycles. The van der Waals surface area contributed by atoms with Gasteiger partial charge < -0.3 is 0 Å². The summed E-state index contributed by atoms with van der Waals surface area (Å²) in [5.41, 5.74) is 10.0. The Kier molecular flexibility index (Phi) is 8.79. The predicted molar refractivity (Wildman–Crippen MR) is 146 cm³/mol. The molecule has 164 valence electrons. The molecular weight excluding hydrogens is 396 g/mol. The highest BCUT2D eigenvalue weighted by molar-refractivity contribution is 5.73. The second kappa shape index (κ2) is 12.2. The maximum Gasteiger partial charge on any atom is -0.00257 e. The fourth-order valence-electron chi connectivity index (χ4n) is 3.79. The molecule has 4 aromatic rings. The van der Waals surface area contributed by atoms with Crippen LogP contribution in [0, 0.1) is 6.92 Å². The molecule has 0 nitrogen and oxygen atoms in total. The summed E-state index contributed by atoms with van der Waals surface area (Å²) in [4.78, 5) is 0. The van der Waals surface area contributed by atoms with Crippen molar-refractivity contribution in [3.05, 3.63) is 157 Å². The number of hydrogen-bond acceptors (Lipinski definition) is 0. The van der Waals surface area contributed by atoms with Crippen LogP contribution in [0.3, 0.4) is 0 Å². The topological polar surface area (TPSA) is 0 Å². The lowest BCUT2D eigenvalue weighted by Gasteiger charge is -2.11. The lowest BCUT2D eigenvalue weighted by Crippen LogP contribution is -1.91. The SMILES string of the molecule is C=C(Cc1ccccc1)c1ccccc1.C=CCc1ccccc1-c1cc(C=C)ccc1C. The van der Waals surface area contributed by atoms with Gasteiger partial charge in [0.2, 0.25) is 0 Å². The third-order valence-electron chi connectivity index (χ3n) is 5.61. The van der Waals surface area contributed by atoms with E-state index in [0.29, 0.717) is 0 Å². The Hall–Kier alpha value is -3.90. The summed E-state index contributed by atoms with van der Waals surface area (Å²) in [7, 11) is 0. The standard InChI is InChI=1S/C18H18.C15H14/c1-4-8-16-9-6-7-10-17(16)18-13-15(5-2)12-11-14(18)3;1-13(15-10-6-3-7-11-15)12-14-8-4-2-5-9-14/h4-7,9-13H,1-2,8H2,3H3;2-11H,1,12H2. The van der Waals surface area contributed by atoms with Crippen molar-refractivity contribution in [2.75, 3.05) is 0 Å². The molecule has 0 amide bonds. The van der Waals surface area contributed by atoms with Gasteiger partial charge >= 0.3 is 0 Å². The highest BCUT2D eigenvalue weighted by Crippen LogP contribution is 2.28. The second-order valence-corrected chi connectivity index (χ2v) is 8.06. The van der Waals surface area contributed by atoms with Crippen molar-refractivity contribution in [3.8, 4) is 11.1 Å². The molecule has 0 radical (unpaired) electrons. The largest absolute Gasteiger partial charge is 0.103 e. The fraction of sp³-hybridized carbons (Fsp3) is 0.0909. The van der Waals surface area contributed by atoms with Gasteiger partial charge in [-0.1, -0.05) is 122 Å². The zero-order valence-corrected chi connectivity index (χ0v) is 19.5. The average Bonchev–Trinajstić information content (AvgIpc) is 2.87. The minimum atomic E-state index is 0.897. The van der Waals surface area contributed by atoms with Gasteiger partial charge in [0.25, 0.3) is 0 Å². The van der Waals surface area contributed by atoms with Crippen LogP contribution in [0.2, 0.25) is 0 Å². The molecule has 0 aliphatic heterocycles. The van der Waals surface area contributed by atoms with E-state index < -0.39 is 0 Å². The molecule has 0 heterocycles. The summed E-state index contributed by atoms with van der Waals surface area (Å²) < 4.78 is 0. The van der Waals surface area contributed by atoms with Crippen LogP contribution in [0.25, 0.3) is 22.8 Å². The van der Waals surface area contributed by atoms with Crippen LogP contribution in [-0.2, 0) is 12.8 Å². The number of benzene rings is 4. The summed E-state index contributed by atoms with van der Waals surface area (Å²) in [5, 5.41) is 0. The van der Waals surface area contributed by atoms with Crippen LogP contribution in [-0.4, -0.2) is 0 Å². The number of allylic oxidation sites excluding steroid dienone is 2. The molecule has 0 fully saturated rings. The minimum absolute atomic E-state index is 0.897. The second-order valence-electron chi connectivity index (χ2n) is 8.06. The molecule has 0 aromatic heterocycles. The first-order valence-electron chi connectivity index (χ1n) is 11.3. The van der Waals surface area contributed by atoms with Gasteiger partial charge in [-0.3, -0.25) is 0 Å². The molecule has 4 aromatic carbocycles. The molecule has 0 heteroatoms. The van der Waals surface area contributed by atoms with Gasteiger partial charge in [0, 0.05) is 0 Å². The summed E-state index contributed by atoms with van der Waals surface area (Å²) in [6.45, 7) is 13.9. The Bertz CT molecular complexity index is 1200. The molecule has 4 rings (SSSR count). The highest BCUT2D eigenvalue weighted by atomic mass is 14.1. The smallest absolute Gasteiger partial charge is 0.00257 e. The minimum Gasteiger partial charge on any atom is -0.103 e. The molecule has 0 atom stereocenters. The Labute approximate surface area is 199 Å². The molecule has 0 aliphatic carbocycles. The van der Waals surface area contributed by atoms with Gasteiger partial charge in [-0.15, -0.1) is 6.58 Å². The van der Waals surface area contributed by atoms with Crippen molar-refractivity contribution in [2.45, 2.75) is 19.8 Å². The van der Waals surface area contributed by atoms with Crippen LogP contribution in [0.15, 0.2) is 129 Å². The first kappa shape index (κ1) is 23.8. The zero-order chi connectivity index (χ0) is 23.5. The Balaban J connectivity index is 0.000000189. The van der Waals surface area contributed by atoms with Gasteiger partial charge in [-0.25, -0.2) is 0 Å². The van der Waals surface area contributed by atoms with Gasteiger partial charge in [-0.2, -0.15) is 0 Å². The van der Waals surface area contributed by atoms with E-state index in [-0.39, 0.29) is 0 Å². The molecule has 0 N–H and O–H groups in total. The number of rotatable bonds is 7. The van der Waals surface area contributed by atoms with Crippen LogP contribution >= 0.6 is 0 Å². The van der Waals surface area contributed by atoms with Crippen molar-refractivity contribution in [1.29, 1.82) is 0 Å². The fourth-order valence-corrected chi connectivity index (χ4v) is 3.79. The number of aryl methyl sites for hydroxylation is 1. The molecule has 0 bridgehead atoms. The lowest BCUT2D eigenvalue weighted by molar-refractivity contribution is 1.27. The van der Waals surface area contributed by atoms with Gasteiger partial charge in [0.05, 0.1) is 0 Å². The molecular formula is C33H32. The zero-order valence-electron chi connectivity index (χ0n) is 19.5. The summed E-state index contributed by atoms with van der Waals surface area (Å²) in [6, 6.07) is 35.7.